The summed E-state index contributed by atoms with van der Waals surface area (Å²) in [6, 6.07) is 8.17. The molecule has 1 amide bonds. The number of fused-ring (bicyclic) bond motifs is 1. The zero-order valence-electron chi connectivity index (χ0n) is 11.0. The van der Waals surface area contributed by atoms with Crippen LogP contribution >= 0.6 is 12.4 Å². The molecule has 5 heteroatoms. The summed E-state index contributed by atoms with van der Waals surface area (Å²) in [6.45, 7) is 2.87. The third kappa shape index (κ3) is 3.72. The van der Waals surface area contributed by atoms with Gasteiger partial charge in [0.1, 0.15) is 0 Å². The van der Waals surface area contributed by atoms with E-state index in [1.54, 1.807) is 0 Å². The number of rotatable bonds is 5. The van der Waals surface area contributed by atoms with Crippen LogP contribution in [-0.2, 0) is 11.2 Å². The summed E-state index contributed by atoms with van der Waals surface area (Å²) in [5.41, 5.74) is 7.81. The van der Waals surface area contributed by atoms with Gasteiger partial charge in [-0.25, -0.2) is 0 Å². The van der Waals surface area contributed by atoms with E-state index in [1.165, 1.54) is 10.9 Å². The van der Waals surface area contributed by atoms with E-state index in [0.29, 0.717) is 13.1 Å². The van der Waals surface area contributed by atoms with E-state index in [2.05, 4.69) is 16.4 Å². The third-order valence-electron chi connectivity index (χ3n) is 3.17. The van der Waals surface area contributed by atoms with Gasteiger partial charge in [0.25, 0.3) is 0 Å². The molecule has 2 rings (SSSR count). The summed E-state index contributed by atoms with van der Waals surface area (Å²) >= 11 is 0. The van der Waals surface area contributed by atoms with E-state index >= 15 is 0 Å². The summed E-state index contributed by atoms with van der Waals surface area (Å²) < 4.78 is 0. The highest BCUT2D eigenvalue weighted by molar-refractivity contribution is 5.85. The van der Waals surface area contributed by atoms with Crippen molar-refractivity contribution in [2.45, 2.75) is 13.3 Å². The number of nitrogens with one attached hydrogen (secondary N) is 2. The molecular weight excluding hydrogens is 262 g/mol. The van der Waals surface area contributed by atoms with Gasteiger partial charge in [0.05, 0.1) is 0 Å². The lowest BCUT2D eigenvalue weighted by atomic mass is 10.1. The third-order valence-corrected chi connectivity index (χ3v) is 3.17. The van der Waals surface area contributed by atoms with Crippen molar-refractivity contribution >= 4 is 29.2 Å². The standard InChI is InChI=1S/C14H19N3O.ClH/c1-10(8-15)14(18)16-7-6-11-9-17-13-5-3-2-4-12(11)13;/h2-5,9-10,17H,6-8,15H2,1H3,(H,16,18);1H. The molecule has 2 aromatic rings. The molecule has 4 N–H and O–H groups in total. The molecule has 1 atom stereocenters. The number of carbonyl (C=O) groups is 1. The monoisotopic (exact) mass is 281 g/mol. The van der Waals surface area contributed by atoms with Crippen molar-refractivity contribution in [1.82, 2.24) is 10.3 Å². The fraction of sp³-hybridized carbons (Fsp3) is 0.357. The number of hydrogen-bond donors (Lipinski definition) is 3. The molecule has 0 aliphatic carbocycles. The number of benzene rings is 1. The lowest BCUT2D eigenvalue weighted by Gasteiger charge is -2.09. The molecule has 0 radical (unpaired) electrons. The van der Waals surface area contributed by atoms with Crippen molar-refractivity contribution < 1.29 is 4.79 Å². The van der Waals surface area contributed by atoms with Crippen molar-refractivity contribution in [3.8, 4) is 0 Å². The van der Waals surface area contributed by atoms with Gasteiger partial charge in [0.2, 0.25) is 5.91 Å². The van der Waals surface area contributed by atoms with Crippen LogP contribution in [0.2, 0.25) is 0 Å². The molecule has 1 unspecified atom stereocenters. The first-order valence-electron chi connectivity index (χ1n) is 6.25. The number of carbonyl (C=O) groups excluding carboxylic acids is 1. The summed E-state index contributed by atoms with van der Waals surface area (Å²) in [7, 11) is 0. The maximum Gasteiger partial charge on any atom is 0.224 e. The molecule has 0 bridgehead atoms. The molecule has 19 heavy (non-hydrogen) atoms. The number of aromatic nitrogens is 1. The molecule has 0 aliphatic rings. The van der Waals surface area contributed by atoms with Crippen molar-refractivity contribution in [3.63, 3.8) is 0 Å². The van der Waals surface area contributed by atoms with Crippen LogP contribution in [0.25, 0.3) is 10.9 Å². The Balaban J connectivity index is 0.00000180. The molecule has 1 aromatic carbocycles. The van der Waals surface area contributed by atoms with Crippen LogP contribution in [0.4, 0.5) is 0 Å². The highest BCUT2D eigenvalue weighted by atomic mass is 35.5. The number of hydrogen-bond acceptors (Lipinski definition) is 2. The van der Waals surface area contributed by atoms with E-state index < -0.39 is 0 Å². The second-order valence-corrected chi connectivity index (χ2v) is 4.54. The van der Waals surface area contributed by atoms with Crippen LogP contribution in [-0.4, -0.2) is 24.0 Å². The first kappa shape index (κ1) is 15.5. The minimum Gasteiger partial charge on any atom is -0.361 e. The van der Waals surface area contributed by atoms with Crippen LogP contribution in [0.15, 0.2) is 30.5 Å². The quantitative estimate of drug-likeness (QED) is 0.783. The van der Waals surface area contributed by atoms with Gasteiger partial charge in [-0.15, -0.1) is 12.4 Å². The number of nitrogens with two attached hydrogens (primary N) is 1. The molecule has 0 saturated carbocycles. The first-order chi connectivity index (χ1) is 8.72. The molecular formula is C14H20ClN3O. The maximum absolute atomic E-state index is 11.6. The van der Waals surface area contributed by atoms with E-state index in [9.17, 15) is 4.79 Å². The van der Waals surface area contributed by atoms with Gasteiger partial charge in [0, 0.05) is 36.1 Å². The van der Waals surface area contributed by atoms with Crippen LogP contribution in [0, 0.1) is 5.92 Å². The van der Waals surface area contributed by atoms with Crippen LogP contribution in [0.3, 0.4) is 0 Å². The number of halogens is 1. The fourth-order valence-electron chi connectivity index (χ4n) is 1.94. The summed E-state index contributed by atoms with van der Waals surface area (Å²) in [6.07, 6.45) is 2.83. The zero-order chi connectivity index (χ0) is 13.0. The van der Waals surface area contributed by atoms with Crippen LogP contribution in [0.1, 0.15) is 12.5 Å². The number of aromatic amines is 1. The van der Waals surface area contributed by atoms with Gasteiger partial charge < -0.3 is 16.0 Å². The Morgan fingerprint density at radius 1 is 1.42 bits per heavy atom. The van der Waals surface area contributed by atoms with Crippen LogP contribution < -0.4 is 11.1 Å². The Bertz CT molecular complexity index is 538. The average molecular weight is 282 g/mol. The number of amides is 1. The predicted molar refractivity (Wildman–Crippen MR) is 80.5 cm³/mol. The Morgan fingerprint density at radius 3 is 2.89 bits per heavy atom. The van der Waals surface area contributed by atoms with Gasteiger partial charge in [-0.2, -0.15) is 0 Å². The van der Waals surface area contributed by atoms with Gasteiger partial charge in [-0.3, -0.25) is 4.79 Å². The van der Waals surface area contributed by atoms with E-state index in [-0.39, 0.29) is 24.2 Å². The van der Waals surface area contributed by atoms with Crippen LogP contribution in [0.5, 0.6) is 0 Å². The maximum atomic E-state index is 11.6. The topological polar surface area (TPSA) is 70.9 Å². The smallest absolute Gasteiger partial charge is 0.224 e. The van der Waals surface area contributed by atoms with Gasteiger partial charge >= 0.3 is 0 Å². The van der Waals surface area contributed by atoms with Crippen molar-refractivity contribution in [2.24, 2.45) is 11.7 Å². The molecule has 0 spiro atoms. The lowest BCUT2D eigenvalue weighted by Crippen LogP contribution is -2.34. The summed E-state index contributed by atoms with van der Waals surface area (Å²) in [5.74, 6) is -0.0923. The molecule has 0 aliphatic heterocycles. The van der Waals surface area contributed by atoms with Crippen molar-refractivity contribution in [3.05, 3.63) is 36.0 Å². The highest BCUT2D eigenvalue weighted by Gasteiger charge is 2.10. The largest absolute Gasteiger partial charge is 0.361 e. The summed E-state index contributed by atoms with van der Waals surface area (Å²) in [5, 5.41) is 4.12. The Kier molecular flexibility index (Phi) is 5.86. The van der Waals surface area contributed by atoms with Gasteiger partial charge in [-0.1, -0.05) is 25.1 Å². The Labute approximate surface area is 119 Å². The van der Waals surface area contributed by atoms with Crippen molar-refractivity contribution in [2.75, 3.05) is 13.1 Å². The Morgan fingerprint density at radius 2 is 2.16 bits per heavy atom. The number of H-pyrrole nitrogens is 1. The first-order valence-corrected chi connectivity index (χ1v) is 6.25. The second-order valence-electron chi connectivity index (χ2n) is 4.54. The molecule has 104 valence electrons. The molecule has 0 saturated heterocycles. The minimum atomic E-state index is -0.118. The lowest BCUT2D eigenvalue weighted by molar-refractivity contribution is -0.124. The molecule has 1 heterocycles. The summed E-state index contributed by atoms with van der Waals surface area (Å²) in [4.78, 5) is 14.8. The van der Waals surface area contributed by atoms with E-state index in [0.717, 1.165) is 11.9 Å². The molecule has 1 aromatic heterocycles. The normalized spacial score (nSPS) is 11.9. The highest BCUT2D eigenvalue weighted by Crippen LogP contribution is 2.17. The van der Waals surface area contributed by atoms with Gasteiger partial charge in [-0.05, 0) is 18.1 Å². The molecule has 0 fully saturated rings. The second kappa shape index (κ2) is 7.16. The SMILES string of the molecule is CC(CN)C(=O)NCCc1c[nH]c2ccccc12.Cl. The van der Waals surface area contributed by atoms with Gasteiger partial charge in [0.15, 0.2) is 0 Å². The predicted octanol–water partition coefficient (Wildman–Crippen LogP) is 1.84. The van der Waals surface area contributed by atoms with E-state index in [1.807, 2.05) is 31.3 Å². The molecule has 4 nitrogen and oxygen atoms in total. The minimum absolute atomic E-state index is 0. The number of para-hydroxylation sites is 1. The van der Waals surface area contributed by atoms with Crippen molar-refractivity contribution in [1.29, 1.82) is 0 Å². The fourth-order valence-corrected chi connectivity index (χ4v) is 1.94. The Hall–Kier alpha value is -1.52. The average Bonchev–Trinajstić information content (AvgIpc) is 2.81. The zero-order valence-corrected chi connectivity index (χ0v) is 11.8. The van der Waals surface area contributed by atoms with E-state index in [4.69, 9.17) is 5.73 Å².